The molecule has 0 unspecified atom stereocenters. The lowest BCUT2D eigenvalue weighted by atomic mass is 9.70. The molecule has 88 valence electrons. The van der Waals surface area contributed by atoms with Gasteiger partial charge in [-0.2, -0.15) is 0 Å². The van der Waals surface area contributed by atoms with Crippen molar-refractivity contribution >= 4 is 15.9 Å². The monoisotopic (exact) mass is 283 g/mol. The topological polar surface area (TPSA) is 32.3 Å². The zero-order chi connectivity index (χ0) is 11.6. The second-order valence-electron chi connectivity index (χ2n) is 5.05. The van der Waals surface area contributed by atoms with Crippen molar-refractivity contribution in [2.45, 2.75) is 32.7 Å². The summed E-state index contributed by atoms with van der Waals surface area (Å²) in [6, 6.07) is 5.65. The van der Waals surface area contributed by atoms with Crippen LogP contribution < -0.4 is 5.32 Å². The van der Waals surface area contributed by atoms with Gasteiger partial charge in [0.1, 0.15) is 5.75 Å². The average Bonchev–Trinajstić information content (AvgIpc) is 2.21. The largest absolute Gasteiger partial charge is 0.507 e. The molecule has 0 radical (unpaired) electrons. The Kier molecular flexibility index (Phi) is 3.55. The molecule has 2 N–H and O–H groups in total. The van der Waals surface area contributed by atoms with E-state index in [1.807, 2.05) is 12.1 Å². The highest BCUT2D eigenvalue weighted by atomic mass is 79.9. The van der Waals surface area contributed by atoms with Gasteiger partial charge in [0.15, 0.2) is 0 Å². The molecule has 1 aromatic carbocycles. The maximum absolute atomic E-state index is 9.38. The van der Waals surface area contributed by atoms with Crippen molar-refractivity contribution in [2.24, 2.45) is 5.41 Å². The minimum atomic E-state index is 0.301. The van der Waals surface area contributed by atoms with Gasteiger partial charge >= 0.3 is 0 Å². The van der Waals surface area contributed by atoms with Gasteiger partial charge in [-0.25, -0.2) is 0 Å². The molecule has 0 saturated heterocycles. The molecule has 1 aliphatic rings. The van der Waals surface area contributed by atoms with Gasteiger partial charge in [0.05, 0.1) is 4.47 Å². The molecular weight excluding hydrogens is 266 g/mol. The summed E-state index contributed by atoms with van der Waals surface area (Å²) in [6.07, 6.45) is 4.07. The van der Waals surface area contributed by atoms with Crippen LogP contribution in [0.2, 0.25) is 0 Å². The van der Waals surface area contributed by atoms with Crippen molar-refractivity contribution in [3.8, 4) is 5.75 Å². The number of phenolic OH excluding ortho intramolecular Hbond substituents is 1. The van der Waals surface area contributed by atoms with E-state index in [0.29, 0.717) is 11.2 Å². The zero-order valence-corrected chi connectivity index (χ0v) is 11.2. The second-order valence-corrected chi connectivity index (χ2v) is 5.91. The van der Waals surface area contributed by atoms with Crippen molar-refractivity contribution < 1.29 is 5.11 Å². The number of phenols is 1. The molecule has 2 rings (SSSR count). The van der Waals surface area contributed by atoms with Crippen molar-refractivity contribution in [1.82, 2.24) is 5.32 Å². The first kappa shape index (κ1) is 11.9. The highest BCUT2D eigenvalue weighted by Crippen LogP contribution is 2.39. The molecule has 0 aliphatic heterocycles. The molecule has 1 fully saturated rings. The molecule has 1 aromatic rings. The van der Waals surface area contributed by atoms with E-state index < -0.39 is 0 Å². The molecule has 0 bridgehead atoms. The smallest absolute Gasteiger partial charge is 0.129 e. The highest BCUT2D eigenvalue weighted by molar-refractivity contribution is 9.10. The van der Waals surface area contributed by atoms with Gasteiger partial charge in [0, 0.05) is 13.1 Å². The van der Waals surface area contributed by atoms with Crippen LogP contribution in [0.4, 0.5) is 0 Å². The lowest BCUT2D eigenvalue weighted by molar-refractivity contribution is 0.156. The van der Waals surface area contributed by atoms with Crippen LogP contribution in [0, 0.1) is 5.41 Å². The van der Waals surface area contributed by atoms with E-state index >= 15 is 0 Å². The van der Waals surface area contributed by atoms with Gasteiger partial charge in [-0.05, 0) is 51.9 Å². The number of halogens is 1. The van der Waals surface area contributed by atoms with Crippen molar-refractivity contribution in [3.05, 3.63) is 28.2 Å². The number of benzene rings is 1. The molecule has 0 amide bonds. The lowest BCUT2D eigenvalue weighted by Gasteiger charge is -2.38. The molecule has 1 saturated carbocycles. The third-order valence-electron chi connectivity index (χ3n) is 3.45. The fraction of sp³-hybridized carbons (Fsp3) is 0.538. The molecular formula is C13H18BrNO. The van der Waals surface area contributed by atoms with Crippen LogP contribution >= 0.6 is 15.9 Å². The fourth-order valence-electron chi connectivity index (χ4n) is 2.13. The van der Waals surface area contributed by atoms with Crippen LogP contribution in [0.5, 0.6) is 5.75 Å². The Morgan fingerprint density at radius 2 is 2.19 bits per heavy atom. The van der Waals surface area contributed by atoms with E-state index in [1.54, 1.807) is 6.07 Å². The summed E-state index contributed by atoms with van der Waals surface area (Å²) in [5, 5.41) is 12.9. The van der Waals surface area contributed by atoms with E-state index in [9.17, 15) is 5.11 Å². The van der Waals surface area contributed by atoms with Crippen LogP contribution in [0.1, 0.15) is 31.7 Å². The molecule has 0 atom stereocenters. The van der Waals surface area contributed by atoms with E-state index in [4.69, 9.17) is 0 Å². The molecule has 0 aromatic heterocycles. The lowest BCUT2D eigenvalue weighted by Crippen LogP contribution is -2.36. The summed E-state index contributed by atoms with van der Waals surface area (Å²) in [4.78, 5) is 0. The first-order valence-electron chi connectivity index (χ1n) is 5.77. The molecule has 16 heavy (non-hydrogen) atoms. The van der Waals surface area contributed by atoms with Crippen LogP contribution in [0.25, 0.3) is 0 Å². The predicted molar refractivity (Wildman–Crippen MR) is 69.5 cm³/mol. The molecule has 2 nitrogen and oxygen atoms in total. The molecule has 1 aliphatic carbocycles. The number of aromatic hydroxyl groups is 1. The maximum atomic E-state index is 9.38. The van der Waals surface area contributed by atoms with E-state index in [-0.39, 0.29) is 0 Å². The first-order chi connectivity index (χ1) is 7.59. The van der Waals surface area contributed by atoms with Crippen LogP contribution in [-0.2, 0) is 6.54 Å². The minimum Gasteiger partial charge on any atom is -0.507 e. The SMILES string of the molecule is CC1(CNCc2ccc(O)c(Br)c2)CCC1. The third kappa shape index (κ3) is 2.77. The van der Waals surface area contributed by atoms with E-state index in [0.717, 1.165) is 17.6 Å². The highest BCUT2D eigenvalue weighted by Gasteiger charge is 2.30. The Morgan fingerprint density at radius 3 is 2.75 bits per heavy atom. The summed E-state index contributed by atoms with van der Waals surface area (Å²) < 4.78 is 0.765. The van der Waals surface area contributed by atoms with Gasteiger partial charge in [-0.1, -0.05) is 19.4 Å². The maximum Gasteiger partial charge on any atom is 0.129 e. The van der Waals surface area contributed by atoms with Crippen LogP contribution in [0.3, 0.4) is 0 Å². The summed E-state index contributed by atoms with van der Waals surface area (Å²) in [6.45, 7) is 4.30. The Morgan fingerprint density at radius 1 is 1.44 bits per heavy atom. The Hall–Kier alpha value is -0.540. The number of rotatable bonds is 4. The van der Waals surface area contributed by atoms with Crippen molar-refractivity contribution in [2.75, 3.05) is 6.54 Å². The summed E-state index contributed by atoms with van der Waals surface area (Å²) in [5.74, 6) is 0.301. The first-order valence-corrected chi connectivity index (χ1v) is 6.56. The molecule has 3 heteroatoms. The third-order valence-corrected chi connectivity index (χ3v) is 4.09. The number of hydrogen-bond acceptors (Lipinski definition) is 2. The van der Waals surface area contributed by atoms with Gasteiger partial charge in [0.2, 0.25) is 0 Å². The zero-order valence-electron chi connectivity index (χ0n) is 9.59. The summed E-state index contributed by atoms with van der Waals surface area (Å²) in [5.41, 5.74) is 1.72. The minimum absolute atomic E-state index is 0.301. The standard InChI is InChI=1S/C13H18BrNO/c1-13(5-2-6-13)9-15-8-10-3-4-12(16)11(14)7-10/h3-4,7,15-16H,2,5-6,8-9H2,1H3. The quantitative estimate of drug-likeness (QED) is 0.887. The van der Waals surface area contributed by atoms with Gasteiger partial charge in [-0.3, -0.25) is 0 Å². The van der Waals surface area contributed by atoms with Crippen molar-refractivity contribution in [3.63, 3.8) is 0 Å². The Bertz CT molecular complexity index is 374. The Balaban J connectivity index is 1.83. The van der Waals surface area contributed by atoms with Gasteiger partial charge in [-0.15, -0.1) is 0 Å². The normalized spacial score (nSPS) is 18.1. The van der Waals surface area contributed by atoms with E-state index in [2.05, 4.69) is 28.2 Å². The number of hydrogen-bond donors (Lipinski definition) is 2. The molecule has 0 spiro atoms. The summed E-state index contributed by atoms with van der Waals surface area (Å²) >= 11 is 3.32. The second kappa shape index (κ2) is 4.76. The van der Waals surface area contributed by atoms with Crippen LogP contribution in [0.15, 0.2) is 22.7 Å². The van der Waals surface area contributed by atoms with Crippen molar-refractivity contribution in [1.29, 1.82) is 0 Å². The van der Waals surface area contributed by atoms with Gasteiger partial charge < -0.3 is 10.4 Å². The van der Waals surface area contributed by atoms with E-state index in [1.165, 1.54) is 24.8 Å². The fourth-order valence-corrected chi connectivity index (χ4v) is 2.55. The Labute approximate surface area is 105 Å². The molecule has 0 heterocycles. The number of nitrogens with one attached hydrogen (secondary N) is 1. The predicted octanol–water partition coefficient (Wildman–Crippen LogP) is 3.43. The average molecular weight is 284 g/mol. The van der Waals surface area contributed by atoms with Gasteiger partial charge in [0.25, 0.3) is 0 Å². The summed E-state index contributed by atoms with van der Waals surface area (Å²) in [7, 11) is 0. The van der Waals surface area contributed by atoms with Crippen LogP contribution in [-0.4, -0.2) is 11.7 Å².